The van der Waals surface area contributed by atoms with Crippen molar-refractivity contribution in [3.63, 3.8) is 0 Å². The minimum atomic E-state index is -0.0568. The number of thiophene rings is 1. The average Bonchev–Trinajstić information content (AvgIpc) is 2.84. The fourth-order valence-corrected chi connectivity index (χ4v) is 3.64. The normalized spacial score (nSPS) is 11.4. The van der Waals surface area contributed by atoms with Crippen molar-refractivity contribution in [2.45, 2.75) is 33.7 Å². The molecule has 0 unspecified atom stereocenters. The molecule has 6 heteroatoms. The third kappa shape index (κ3) is 5.69. The number of rotatable bonds is 5. The van der Waals surface area contributed by atoms with E-state index in [2.05, 4.69) is 10.2 Å². The van der Waals surface area contributed by atoms with Crippen molar-refractivity contribution in [1.29, 1.82) is 0 Å². The van der Waals surface area contributed by atoms with Crippen LogP contribution < -0.4 is 10.2 Å². The van der Waals surface area contributed by atoms with Gasteiger partial charge in [0.1, 0.15) is 0 Å². The molecule has 0 aliphatic heterocycles. The summed E-state index contributed by atoms with van der Waals surface area (Å²) in [6, 6.07) is 9.58. The molecule has 130 valence electrons. The molecule has 3 nitrogen and oxygen atoms in total. The van der Waals surface area contributed by atoms with E-state index in [1.54, 1.807) is 11.3 Å². The number of amides is 1. The monoisotopic (exact) mass is 384 g/mol. The van der Waals surface area contributed by atoms with Crippen LogP contribution in [0.1, 0.15) is 32.1 Å². The molecule has 0 atom stereocenters. The number of hydrogen-bond acceptors (Lipinski definition) is 3. The van der Waals surface area contributed by atoms with Gasteiger partial charge in [-0.05, 0) is 35.7 Å². The molecule has 0 saturated carbocycles. The van der Waals surface area contributed by atoms with Crippen LogP contribution in [0.25, 0.3) is 0 Å². The first-order chi connectivity index (χ1) is 11.1. The van der Waals surface area contributed by atoms with E-state index in [1.165, 1.54) is 4.88 Å². The summed E-state index contributed by atoms with van der Waals surface area (Å²) < 4.78 is 0.786. The van der Waals surface area contributed by atoms with Gasteiger partial charge in [0.2, 0.25) is 5.91 Å². The molecule has 1 aromatic heterocycles. The third-order valence-electron chi connectivity index (χ3n) is 3.38. The fraction of sp³-hybridized carbons (Fsp3) is 0.389. The van der Waals surface area contributed by atoms with Crippen LogP contribution >= 0.6 is 34.5 Å². The molecule has 0 aliphatic rings. The van der Waals surface area contributed by atoms with E-state index in [1.807, 2.05) is 58.2 Å². The van der Waals surface area contributed by atoms with Gasteiger partial charge in [0.05, 0.1) is 21.6 Å². The lowest BCUT2D eigenvalue weighted by molar-refractivity contribution is -0.117. The van der Waals surface area contributed by atoms with Crippen LogP contribution in [0.4, 0.5) is 11.4 Å². The predicted molar refractivity (Wildman–Crippen MR) is 106 cm³/mol. The van der Waals surface area contributed by atoms with Gasteiger partial charge in [-0.15, -0.1) is 11.3 Å². The van der Waals surface area contributed by atoms with E-state index in [4.69, 9.17) is 23.2 Å². The molecule has 1 heterocycles. The number of nitrogens with one attached hydrogen (secondary N) is 1. The van der Waals surface area contributed by atoms with E-state index in [0.717, 1.165) is 16.6 Å². The van der Waals surface area contributed by atoms with Crippen LogP contribution in [0.5, 0.6) is 0 Å². The maximum absolute atomic E-state index is 12.1. The smallest absolute Gasteiger partial charge is 0.224 e. The number of nitrogens with zero attached hydrogens (tertiary/aromatic N) is 1. The van der Waals surface area contributed by atoms with E-state index in [0.29, 0.717) is 17.1 Å². The molecular weight excluding hydrogens is 363 g/mol. The second-order valence-electron chi connectivity index (χ2n) is 7.01. The zero-order valence-electron chi connectivity index (χ0n) is 14.3. The summed E-state index contributed by atoms with van der Waals surface area (Å²) in [4.78, 5) is 15.3. The maximum atomic E-state index is 12.1. The Morgan fingerprint density at radius 1 is 1.21 bits per heavy atom. The van der Waals surface area contributed by atoms with Gasteiger partial charge in [-0.25, -0.2) is 0 Å². The van der Waals surface area contributed by atoms with Crippen LogP contribution in [0.3, 0.4) is 0 Å². The Morgan fingerprint density at radius 3 is 2.46 bits per heavy atom. The van der Waals surface area contributed by atoms with Gasteiger partial charge in [-0.1, -0.05) is 44.0 Å². The second-order valence-corrected chi connectivity index (χ2v) is 9.22. The molecule has 0 bridgehead atoms. The zero-order chi connectivity index (χ0) is 17.9. The highest BCUT2D eigenvalue weighted by atomic mass is 35.5. The van der Waals surface area contributed by atoms with Crippen molar-refractivity contribution in [1.82, 2.24) is 0 Å². The summed E-state index contributed by atoms with van der Waals surface area (Å²) in [5, 5.41) is 3.41. The first-order valence-corrected chi connectivity index (χ1v) is 9.26. The molecule has 1 aromatic carbocycles. The molecule has 0 spiro atoms. The summed E-state index contributed by atoms with van der Waals surface area (Å²) >= 11 is 13.9. The van der Waals surface area contributed by atoms with Crippen LogP contribution in [-0.4, -0.2) is 13.0 Å². The molecule has 2 rings (SSSR count). The molecule has 0 aliphatic carbocycles. The largest absolute Gasteiger partial charge is 0.369 e. The Labute approximate surface area is 157 Å². The van der Waals surface area contributed by atoms with Crippen molar-refractivity contribution in [2.75, 3.05) is 17.3 Å². The summed E-state index contributed by atoms with van der Waals surface area (Å²) in [5.74, 6) is -0.0290. The highest BCUT2D eigenvalue weighted by Gasteiger charge is 2.17. The number of carbonyl (C=O) groups is 1. The minimum Gasteiger partial charge on any atom is -0.369 e. The maximum Gasteiger partial charge on any atom is 0.224 e. The van der Waals surface area contributed by atoms with Crippen LogP contribution in [-0.2, 0) is 11.3 Å². The highest BCUT2D eigenvalue weighted by molar-refractivity contribution is 7.16. The van der Waals surface area contributed by atoms with Gasteiger partial charge in [-0.3, -0.25) is 4.79 Å². The Hall–Kier alpha value is -1.23. The SMILES string of the molecule is CN(Cc1ccc(Cl)s1)c1ccc(NC(=O)CC(C)(C)C)c(Cl)c1. The molecular formula is C18H22Cl2N2OS. The van der Waals surface area contributed by atoms with Crippen molar-refractivity contribution in [3.8, 4) is 0 Å². The van der Waals surface area contributed by atoms with Crippen LogP contribution in [0, 0.1) is 5.41 Å². The second kappa shape index (κ2) is 7.77. The van der Waals surface area contributed by atoms with E-state index < -0.39 is 0 Å². The Kier molecular flexibility index (Phi) is 6.18. The summed E-state index contributed by atoms with van der Waals surface area (Å²) in [6.07, 6.45) is 0.449. The van der Waals surface area contributed by atoms with Gasteiger partial charge in [0.15, 0.2) is 0 Å². The first-order valence-electron chi connectivity index (χ1n) is 7.69. The van der Waals surface area contributed by atoms with Crippen molar-refractivity contribution in [2.24, 2.45) is 5.41 Å². The van der Waals surface area contributed by atoms with Gasteiger partial charge in [0.25, 0.3) is 0 Å². The van der Waals surface area contributed by atoms with Gasteiger partial charge < -0.3 is 10.2 Å². The predicted octanol–water partition coefficient (Wildman–Crippen LogP) is 6.07. The lowest BCUT2D eigenvalue weighted by atomic mass is 9.92. The lowest BCUT2D eigenvalue weighted by Crippen LogP contribution is -2.20. The minimum absolute atomic E-state index is 0.0290. The number of carbonyl (C=O) groups excluding carboxylic acids is 1. The van der Waals surface area contributed by atoms with Crippen molar-refractivity contribution in [3.05, 3.63) is 44.6 Å². The van der Waals surface area contributed by atoms with Crippen molar-refractivity contribution < 1.29 is 4.79 Å². The van der Waals surface area contributed by atoms with Crippen molar-refractivity contribution >= 4 is 51.8 Å². The van der Waals surface area contributed by atoms with Gasteiger partial charge >= 0.3 is 0 Å². The molecule has 1 amide bonds. The number of anilines is 2. The lowest BCUT2D eigenvalue weighted by Gasteiger charge is -2.20. The van der Waals surface area contributed by atoms with Gasteiger partial charge in [-0.2, -0.15) is 0 Å². The number of benzene rings is 1. The average molecular weight is 385 g/mol. The van der Waals surface area contributed by atoms with Gasteiger partial charge in [0, 0.05) is 24.0 Å². The quantitative estimate of drug-likeness (QED) is 0.678. The van der Waals surface area contributed by atoms with E-state index in [9.17, 15) is 4.79 Å². The summed E-state index contributed by atoms with van der Waals surface area (Å²) in [6.45, 7) is 6.85. The highest BCUT2D eigenvalue weighted by Crippen LogP contribution is 2.30. The Morgan fingerprint density at radius 2 is 1.92 bits per heavy atom. The summed E-state index contributed by atoms with van der Waals surface area (Å²) in [5.41, 5.74) is 1.57. The Balaban J connectivity index is 2.04. The molecule has 24 heavy (non-hydrogen) atoms. The first kappa shape index (κ1) is 19.1. The van der Waals surface area contributed by atoms with Crippen LogP contribution in [0.2, 0.25) is 9.36 Å². The number of hydrogen-bond donors (Lipinski definition) is 1. The van der Waals surface area contributed by atoms with E-state index in [-0.39, 0.29) is 11.3 Å². The summed E-state index contributed by atoms with van der Waals surface area (Å²) in [7, 11) is 2.00. The van der Waals surface area contributed by atoms with E-state index >= 15 is 0 Å². The topological polar surface area (TPSA) is 32.3 Å². The molecule has 1 N–H and O–H groups in total. The third-order valence-corrected chi connectivity index (χ3v) is 4.91. The molecule has 0 fully saturated rings. The van der Waals surface area contributed by atoms with Crippen LogP contribution in [0.15, 0.2) is 30.3 Å². The number of halogens is 2. The molecule has 0 saturated heterocycles. The Bertz CT molecular complexity index is 722. The molecule has 0 radical (unpaired) electrons. The fourth-order valence-electron chi connectivity index (χ4n) is 2.28. The standard InChI is InChI=1S/C18H22Cl2N2OS/c1-18(2,3)10-17(23)21-15-7-5-12(9-14(15)19)22(4)11-13-6-8-16(20)24-13/h5-9H,10-11H2,1-4H3,(H,21,23). The molecule has 2 aromatic rings. The zero-order valence-corrected chi connectivity index (χ0v) is 16.6.